The van der Waals surface area contributed by atoms with Crippen LogP contribution in [0.1, 0.15) is 24.8 Å². The van der Waals surface area contributed by atoms with E-state index in [-0.39, 0.29) is 0 Å². The second-order valence-electron chi connectivity index (χ2n) is 4.96. The highest BCUT2D eigenvalue weighted by molar-refractivity contribution is 6.18. The van der Waals surface area contributed by atoms with E-state index >= 15 is 0 Å². The maximum absolute atomic E-state index is 6.06. The summed E-state index contributed by atoms with van der Waals surface area (Å²) in [6, 6.07) is 6.62. The fourth-order valence-electron chi connectivity index (χ4n) is 2.66. The molecule has 1 saturated heterocycles. The minimum atomic E-state index is 0.503. The van der Waals surface area contributed by atoms with E-state index in [2.05, 4.69) is 17.0 Å². The zero-order valence-corrected chi connectivity index (χ0v) is 12.4. The molecule has 1 aromatic rings. The van der Waals surface area contributed by atoms with Crippen LogP contribution < -0.4 is 9.47 Å². The first-order valence-corrected chi connectivity index (χ1v) is 7.33. The van der Waals surface area contributed by atoms with E-state index in [9.17, 15) is 0 Å². The Morgan fingerprint density at radius 3 is 2.68 bits per heavy atom. The van der Waals surface area contributed by atoms with Crippen LogP contribution in [0.2, 0.25) is 0 Å². The van der Waals surface area contributed by atoms with Gasteiger partial charge in [-0.3, -0.25) is 4.90 Å². The Balaban J connectivity index is 2.09. The number of methoxy groups -OCH3 is 2. The number of rotatable bonds is 5. The average molecular weight is 284 g/mol. The predicted molar refractivity (Wildman–Crippen MR) is 78.3 cm³/mol. The number of alkyl halides is 1. The number of hydrogen-bond acceptors (Lipinski definition) is 3. The van der Waals surface area contributed by atoms with Crippen LogP contribution in [0, 0.1) is 0 Å². The molecule has 0 aliphatic carbocycles. The van der Waals surface area contributed by atoms with E-state index in [0.29, 0.717) is 11.9 Å². The summed E-state index contributed by atoms with van der Waals surface area (Å²) in [5.41, 5.74) is 1.25. The van der Waals surface area contributed by atoms with Crippen molar-refractivity contribution in [1.29, 1.82) is 0 Å². The molecular weight excluding hydrogens is 262 g/mol. The summed E-state index contributed by atoms with van der Waals surface area (Å²) in [6.07, 6.45) is 3.76. The third kappa shape index (κ3) is 3.54. The van der Waals surface area contributed by atoms with Gasteiger partial charge in [0.25, 0.3) is 0 Å². The SMILES string of the molecule is COc1ccc(CN2CCCCC2CCl)cc1OC. The zero-order chi connectivity index (χ0) is 13.7. The van der Waals surface area contributed by atoms with Crippen molar-refractivity contribution in [2.24, 2.45) is 0 Å². The maximum Gasteiger partial charge on any atom is 0.161 e. The molecule has 0 aromatic heterocycles. The van der Waals surface area contributed by atoms with Gasteiger partial charge < -0.3 is 9.47 Å². The molecular formula is C15H22ClNO2. The maximum atomic E-state index is 6.06. The van der Waals surface area contributed by atoms with Crippen LogP contribution in [0.15, 0.2) is 18.2 Å². The summed E-state index contributed by atoms with van der Waals surface area (Å²) in [5, 5.41) is 0. The number of likely N-dealkylation sites (tertiary alicyclic amines) is 1. The monoisotopic (exact) mass is 283 g/mol. The highest BCUT2D eigenvalue weighted by Gasteiger charge is 2.21. The minimum Gasteiger partial charge on any atom is -0.493 e. The van der Waals surface area contributed by atoms with Gasteiger partial charge in [-0.15, -0.1) is 11.6 Å². The van der Waals surface area contributed by atoms with Crippen LogP contribution in [0.25, 0.3) is 0 Å². The summed E-state index contributed by atoms with van der Waals surface area (Å²) in [4.78, 5) is 2.47. The molecule has 0 N–H and O–H groups in total. The molecule has 1 fully saturated rings. The summed E-state index contributed by atoms with van der Waals surface area (Å²) >= 11 is 6.06. The topological polar surface area (TPSA) is 21.7 Å². The first-order chi connectivity index (χ1) is 9.28. The molecule has 1 atom stereocenters. The van der Waals surface area contributed by atoms with Gasteiger partial charge in [-0.25, -0.2) is 0 Å². The number of hydrogen-bond donors (Lipinski definition) is 0. The number of nitrogens with zero attached hydrogens (tertiary/aromatic N) is 1. The van der Waals surface area contributed by atoms with Crippen molar-refractivity contribution >= 4 is 11.6 Å². The fraction of sp³-hybridized carbons (Fsp3) is 0.600. The van der Waals surface area contributed by atoms with Gasteiger partial charge in [0.1, 0.15) is 0 Å². The van der Waals surface area contributed by atoms with Gasteiger partial charge in [0.2, 0.25) is 0 Å². The lowest BCUT2D eigenvalue weighted by atomic mass is 10.0. The third-order valence-electron chi connectivity index (χ3n) is 3.76. The highest BCUT2D eigenvalue weighted by Crippen LogP contribution is 2.29. The molecule has 1 aliphatic heterocycles. The molecule has 1 unspecified atom stereocenters. The first-order valence-electron chi connectivity index (χ1n) is 6.79. The van der Waals surface area contributed by atoms with Crippen LogP contribution in [0.5, 0.6) is 11.5 Å². The Morgan fingerprint density at radius 1 is 1.21 bits per heavy atom. The van der Waals surface area contributed by atoms with Crippen molar-refractivity contribution in [2.45, 2.75) is 31.8 Å². The Morgan fingerprint density at radius 2 is 2.00 bits per heavy atom. The van der Waals surface area contributed by atoms with Gasteiger partial charge in [0, 0.05) is 18.5 Å². The Labute approximate surface area is 120 Å². The second kappa shape index (κ2) is 7.01. The molecule has 19 heavy (non-hydrogen) atoms. The Kier molecular flexibility index (Phi) is 5.34. The standard InChI is InChI=1S/C15H22ClNO2/c1-18-14-7-6-12(9-15(14)19-2)11-17-8-4-3-5-13(17)10-16/h6-7,9,13H,3-5,8,10-11H2,1-2H3. The van der Waals surface area contributed by atoms with Gasteiger partial charge in [-0.1, -0.05) is 12.5 Å². The number of piperidine rings is 1. The first kappa shape index (κ1) is 14.5. The van der Waals surface area contributed by atoms with Crippen molar-refractivity contribution in [2.75, 3.05) is 26.6 Å². The van der Waals surface area contributed by atoms with Gasteiger partial charge in [0.05, 0.1) is 14.2 Å². The smallest absolute Gasteiger partial charge is 0.161 e. The average Bonchev–Trinajstić information content (AvgIpc) is 2.47. The van der Waals surface area contributed by atoms with Gasteiger partial charge >= 0.3 is 0 Å². The number of ether oxygens (including phenoxy) is 2. The predicted octanol–water partition coefficient (Wildman–Crippen LogP) is 3.30. The zero-order valence-electron chi connectivity index (χ0n) is 11.7. The van der Waals surface area contributed by atoms with Gasteiger partial charge in [0.15, 0.2) is 11.5 Å². The molecule has 1 aromatic carbocycles. The van der Waals surface area contributed by atoms with Crippen LogP contribution in [0.3, 0.4) is 0 Å². The third-order valence-corrected chi connectivity index (χ3v) is 4.12. The molecule has 0 bridgehead atoms. The largest absolute Gasteiger partial charge is 0.493 e. The van der Waals surface area contributed by atoms with Crippen molar-refractivity contribution < 1.29 is 9.47 Å². The number of benzene rings is 1. The lowest BCUT2D eigenvalue weighted by Gasteiger charge is -2.34. The normalized spacial score (nSPS) is 20.3. The van der Waals surface area contributed by atoms with Crippen LogP contribution in [0.4, 0.5) is 0 Å². The summed E-state index contributed by atoms with van der Waals surface area (Å²) < 4.78 is 10.6. The van der Waals surface area contributed by atoms with Gasteiger partial charge in [-0.05, 0) is 37.1 Å². The Hall–Kier alpha value is -0.930. The molecule has 0 saturated carbocycles. The molecule has 106 valence electrons. The highest BCUT2D eigenvalue weighted by atomic mass is 35.5. The van der Waals surface area contributed by atoms with Crippen LogP contribution in [-0.2, 0) is 6.54 Å². The van der Waals surface area contributed by atoms with Crippen molar-refractivity contribution in [1.82, 2.24) is 4.90 Å². The summed E-state index contributed by atoms with van der Waals surface area (Å²) in [5.74, 6) is 2.28. The molecule has 0 radical (unpaired) electrons. The molecule has 0 amide bonds. The molecule has 1 heterocycles. The van der Waals surface area contributed by atoms with Gasteiger partial charge in [-0.2, -0.15) is 0 Å². The van der Waals surface area contributed by atoms with E-state index in [1.165, 1.54) is 24.8 Å². The van der Waals surface area contributed by atoms with Crippen molar-refractivity contribution in [3.8, 4) is 11.5 Å². The molecule has 1 aliphatic rings. The molecule has 4 heteroatoms. The quantitative estimate of drug-likeness (QED) is 0.774. The fourth-order valence-corrected chi connectivity index (χ4v) is 3.01. The van der Waals surface area contributed by atoms with E-state index in [0.717, 1.165) is 24.6 Å². The minimum absolute atomic E-state index is 0.503. The molecule has 2 rings (SSSR count). The second-order valence-corrected chi connectivity index (χ2v) is 5.27. The van der Waals surface area contributed by atoms with Crippen molar-refractivity contribution in [3.63, 3.8) is 0 Å². The lowest BCUT2D eigenvalue weighted by Crippen LogP contribution is -2.40. The molecule has 3 nitrogen and oxygen atoms in total. The lowest BCUT2D eigenvalue weighted by molar-refractivity contribution is 0.155. The Bertz CT molecular complexity index is 411. The van der Waals surface area contributed by atoms with E-state index in [4.69, 9.17) is 21.1 Å². The van der Waals surface area contributed by atoms with Crippen molar-refractivity contribution in [3.05, 3.63) is 23.8 Å². The van der Waals surface area contributed by atoms with E-state index < -0.39 is 0 Å². The van der Waals surface area contributed by atoms with Crippen LogP contribution in [-0.4, -0.2) is 37.6 Å². The summed E-state index contributed by atoms with van der Waals surface area (Å²) in [7, 11) is 3.33. The number of halogens is 1. The summed E-state index contributed by atoms with van der Waals surface area (Å²) in [6.45, 7) is 2.06. The van der Waals surface area contributed by atoms with Crippen LogP contribution >= 0.6 is 11.6 Å². The molecule has 0 spiro atoms. The van der Waals surface area contributed by atoms with E-state index in [1.807, 2.05) is 6.07 Å². The van der Waals surface area contributed by atoms with E-state index in [1.54, 1.807) is 14.2 Å².